The van der Waals surface area contributed by atoms with Crippen LogP contribution in [0.4, 0.5) is 0 Å². The molecule has 0 radical (unpaired) electrons. The van der Waals surface area contributed by atoms with Crippen LogP contribution in [0.3, 0.4) is 0 Å². The van der Waals surface area contributed by atoms with E-state index in [0.717, 1.165) is 24.4 Å². The summed E-state index contributed by atoms with van der Waals surface area (Å²) in [4.78, 5) is 4.29. The molecule has 0 saturated heterocycles. The Morgan fingerprint density at radius 3 is 3.13 bits per heavy atom. The Bertz CT molecular complexity index is 405. The van der Waals surface area contributed by atoms with E-state index in [-0.39, 0.29) is 6.04 Å². The second-order valence-electron chi connectivity index (χ2n) is 3.50. The van der Waals surface area contributed by atoms with Gasteiger partial charge < -0.3 is 14.7 Å². The van der Waals surface area contributed by atoms with Crippen molar-refractivity contribution in [2.24, 2.45) is 5.73 Å². The predicted octanol–water partition coefficient (Wildman–Crippen LogP) is 1.74. The summed E-state index contributed by atoms with van der Waals surface area (Å²) >= 11 is 0. The summed E-state index contributed by atoms with van der Waals surface area (Å²) < 4.78 is 7.10. The van der Waals surface area contributed by atoms with Crippen LogP contribution in [0.15, 0.2) is 35.4 Å². The van der Waals surface area contributed by atoms with E-state index in [0.29, 0.717) is 0 Å². The molecule has 0 aromatic carbocycles. The van der Waals surface area contributed by atoms with Gasteiger partial charge in [0.05, 0.1) is 12.5 Å². The van der Waals surface area contributed by atoms with Crippen molar-refractivity contribution in [3.63, 3.8) is 0 Å². The number of imidazole rings is 1. The third kappa shape index (κ3) is 2.10. The van der Waals surface area contributed by atoms with Gasteiger partial charge in [-0.15, -0.1) is 0 Å². The van der Waals surface area contributed by atoms with E-state index in [1.165, 1.54) is 0 Å². The van der Waals surface area contributed by atoms with Crippen LogP contribution in [0.2, 0.25) is 0 Å². The van der Waals surface area contributed by atoms with Gasteiger partial charge in [0.25, 0.3) is 0 Å². The summed E-state index contributed by atoms with van der Waals surface area (Å²) in [6, 6.07) is 1.85. The molecule has 15 heavy (non-hydrogen) atoms. The summed E-state index contributed by atoms with van der Waals surface area (Å²) in [6.45, 7) is 3.02. The van der Waals surface area contributed by atoms with E-state index in [1.807, 2.05) is 12.3 Å². The number of aromatic nitrogens is 2. The average Bonchev–Trinajstić information content (AvgIpc) is 2.87. The average molecular weight is 205 g/mol. The minimum atomic E-state index is -0.0450. The number of furan rings is 1. The van der Waals surface area contributed by atoms with Crippen molar-refractivity contribution in [1.82, 2.24) is 9.55 Å². The molecule has 0 spiro atoms. The fraction of sp³-hybridized carbons (Fsp3) is 0.364. The lowest BCUT2D eigenvalue weighted by Gasteiger charge is -2.10. The van der Waals surface area contributed by atoms with Crippen molar-refractivity contribution in [3.05, 3.63) is 42.4 Å². The van der Waals surface area contributed by atoms with Gasteiger partial charge in [-0.1, -0.05) is 0 Å². The number of nitrogens with two attached hydrogens (primary N) is 1. The Kier molecular flexibility index (Phi) is 2.87. The first-order valence-electron chi connectivity index (χ1n) is 5.09. The fourth-order valence-electron chi connectivity index (χ4n) is 1.62. The maximum absolute atomic E-state index is 6.04. The first kappa shape index (κ1) is 9.98. The van der Waals surface area contributed by atoms with Crippen molar-refractivity contribution in [2.45, 2.75) is 25.9 Å². The molecule has 0 amide bonds. The molecule has 2 rings (SSSR count). The Morgan fingerprint density at radius 1 is 1.60 bits per heavy atom. The normalized spacial score (nSPS) is 12.9. The highest BCUT2D eigenvalue weighted by atomic mass is 16.3. The van der Waals surface area contributed by atoms with Gasteiger partial charge >= 0.3 is 0 Å². The molecule has 2 aromatic rings. The third-order valence-corrected chi connectivity index (χ3v) is 2.52. The summed E-state index contributed by atoms with van der Waals surface area (Å²) in [7, 11) is 0. The van der Waals surface area contributed by atoms with Gasteiger partial charge in [0.1, 0.15) is 5.82 Å². The smallest absolute Gasteiger partial charge is 0.110 e. The van der Waals surface area contributed by atoms with Gasteiger partial charge in [0.15, 0.2) is 0 Å². The van der Waals surface area contributed by atoms with Crippen LogP contribution in [0.25, 0.3) is 0 Å². The van der Waals surface area contributed by atoms with Gasteiger partial charge in [-0.2, -0.15) is 0 Å². The number of hydrogen-bond donors (Lipinski definition) is 1. The molecule has 0 bridgehead atoms. The second kappa shape index (κ2) is 4.31. The van der Waals surface area contributed by atoms with E-state index >= 15 is 0 Å². The Hall–Kier alpha value is -1.55. The Morgan fingerprint density at radius 2 is 2.47 bits per heavy atom. The number of rotatable bonds is 4. The molecule has 4 nitrogen and oxygen atoms in total. The van der Waals surface area contributed by atoms with Gasteiger partial charge in [-0.05, 0) is 13.0 Å². The molecule has 0 aliphatic rings. The summed E-state index contributed by atoms with van der Waals surface area (Å²) in [5.74, 6) is 1.02. The van der Waals surface area contributed by atoms with E-state index in [9.17, 15) is 0 Å². The SMILES string of the molecule is CCn1ccnc1CC(N)c1ccoc1. The topological polar surface area (TPSA) is 57.0 Å². The van der Waals surface area contributed by atoms with E-state index in [4.69, 9.17) is 10.2 Å². The molecule has 4 heteroatoms. The highest BCUT2D eigenvalue weighted by Crippen LogP contribution is 2.15. The first-order valence-corrected chi connectivity index (χ1v) is 5.09. The molecule has 0 fully saturated rings. The maximum Gasteiger partial charge on any atom is 0.110 e. The number of aryl methyl sites for hydroxylation is 1. The van der Waals surface area contributed by atoms with Crippen molar-refractivity contribution in [3.8, 4) is 0 Å². The minimum Gasteiger partial charge on any atom is -0.472 e. The summed E-state index contributed by atoms with van der Waals surface area (Å²) in [6.07, 6.45) is 7.84. The van der Waals surface area contributed by atoms with Gasteiger partial charge in [-0.3, -0.25) is 0 Å². The van der Waals surface area contributed by atoms with Gasteiger partial charge in [0.2, 0.25) is 0 Å². The molecule has 0 aliphatic carbocycles. The van der Waals surface area contributed by atoms with Crippen LogP contribution in [-0.2, 0) is 13.0 Å². The third-order valence-electron chi connectivity index (χ3n) is 2.52. The zero-order valence-electron chi connectivity index (χ0n) is 8.76. The first-order chi connectivity index (χ1) is 7.31. The lowest BCUT2D eigenvalue weighted by molar-refractivity contribution is 0.555. The quantitative estimate of drug-likeness (QED) is 0.827. The standard InChI is InChI=1S/C11H15N3O/c1-2-14-5-4-13-11(14)7-10(12)9-3-6-15-8-9/h3-6,8,10H,2,7,12H2,1H3. The van der Waals surface area contributed by atoms with Crippen molar-refractivity contribution >= 4 is 0 Å². The molecule has 2 aromatic heterocycles. The molecule has 2 heterocycles. The van der Waals surface area contributed by atoms with Crippen LogP contribution in [0, 0.1) is 0 Å². The van der Waals surface area contributed by atoms with E-state index in [2.05, 4.69) is 16.5 Å². The zero-order chi connectivity index (χ0) is 10.7. The van der Waals surface area contributed by atoms with Crippen molar-refractivity contribution < 1.29 is 4.42 Å². The van der Waals surface area contributed by atoms with Gasteiger partial charge in [-0.25, -0.2) is 4.98 Å². The van der Waals surface area contributed by atoms with Crippen LogP contribution in [0.5, 0.6) is 0 Å². The monoisotopic (exact) mass is 205 g/mol. The molecule has 0 saturated carbocycles. The number of hydrogen-bond acceptors (Lipinski definition) is 3. The molecular weight excluding hydrogens is 190 g/mol. The molecule has 1 unspecified atom stereocenters. The summed E-state index contributed by atoms with van der Waals surface area (Å²) in [5.41, 5.74) is 7.06. The Balaban J connectivity index is 2.09. The largest absolute Gasteiger partial charge is 0.472 e. The van der Waals surface area contributed by atoms with Crippen molar-refractivity contribution in [1.29, 1.82) is 0 Å². The van der Waals surface area contributed by atoms with Crippen LogP contribution >= 0.6 is 0 Å². The second-order valence-corrected chi connectivity index (χ2v) is 3.50. The highest BCUT2D eigenvalue weighted by molar-refractivity contribution is 5.13. The molecule has 2 N–H and O–H groups in total. The van der Waals surface area contributed by atoms with Crippen molar-refractivity contribution in [2.75, 3.05) is 0 Å². The lowest BCUT2D eigenvalue weighted by atomic mass is 10.1. The fourth-order valence-corrected chi connectivity index (χ4v) is 1.62. The minimum absolute atomic E-state index is 0.0450. The van der Waals surface area contributed by atoms with Crippen LogP contribution in [0.1, 0.15) is 24.4 Å². The van der Waals surface area contributed by atoms with E-state index < -0.39 is 0 Å². The molecule has 80 valence electrons. The zero-order valence-corrected chi connectivity index (χ0v) is 8.76. The lowest BCUT2D eigenvalue weighted by Crippen LogP contribution is -2.15. The Labute approximate surface area is 88.7 Å². The van der Waals surface area contributed by atoms with Crippen LogP contribution < -0.4 is 5.73 Å². The predicted molar refractivity (Wildman–Crippen MR) is 57.2 cm³/mol. The van der Waals surface area contributed by atoms with Crippen LogP contribution in [-0.4, -0.2) is 9.55 Å². The molecular formula is C11H15N3O. The van der Waals surface area contributed by atoms with E-state index in [1.54, 1.807) is 18.7 Å². The molecule has 1 atom stereocenters. The van der Waals surface area contributed by atoms with Gasteiger partial charge in [0, 0.05) is 37.0 Å². The molecule has 0 aliphatic heterocycles. The maximum atomic E-state index is 6.04. The highest BCUT2D eigenvalue weighted by Gasteiger charge is 2.11. The summed E-state index contributed by atoms with van der Waals surface area (Å²) in [5, 5.41) is 0. The number of nitrogens with zero attached hydrogens (tertiary/aromatic N) is 2.